The molecule has 0 aliphatic rings. The molecule has 3 rings (SSSR count). The lowest BCUT2D eigenvalue weighted by atomic mass is 9.85. The second kappa shape index (κ2) is 11.8. The number of aldehydes is 1. The minimum Gasteiger partial charge on any atom is -0.488 e. The molecule has 174 valence electrons. The third-order valence-electron chi connectivity index (χ3n) is 6.03. The Balaban J connectivity index is 2.20. The predicted molar refractivity (Wildman–Crippen MR) is 137 cm³/mol. The van der Waals surface area contributed by atoms with Gasteiger partial charge in [0.05, 0.1) is 5.69 Å². The summed E-state index contributed by atoms with van der Waals surface area (Å²) in [6, 6.07) is 18.3. The van der Waals surface area contributed by atoms with Gasteiger partial charge < -0.3 is 4.74 Å². The number of ether oxygens (including phenoxy) is 1. The molecule has 0 unspecified atom stereocenters. The lowest BCUT2D eigenvalue weighted by Crippen LogP contribution is -2.12. The quantitative estimate of drug-likeness (QED) is 0.222. The van der Waals surface area contributed by atoms with Gasteiger partial charge in [0.1, 0.15) is 12.4 Å². The number of nitrogens with zero attached hydrogens (tertiary/aromatic N) is 1. The fraction of sp³-hybridized carbons (Fsp3) is 0.400. The molecule has 1 heterocycles. The van der Waals surface area contributed by atoms with Crippen LogP contribution in [0.5, 0.6) is 5.75 Å². The Bertz CT molecular complexity index is 1050. The molecule has 2 aromatic carbocycles. The number of hydrogen-bond acceptors (Lipinski definition) is 3. The Morgan fingerprint density at radius 2 is 1.55 bits per heavy atom. The average Bonchev–Trinajstić information content (AvgIpc) is 2.82. The van der Waals surface area contributed by atoms with Gasteiger partial charge in [-0.1, -0.05) is 96.0 Å². The van der Waals surface area contributed by atoms with Gasteiger partial charge in [-0.05, 0) is 41.9 Å². The van der Waals surface area contributed by atoms with Crippen LogP contribution in [0.25, 0.3) is 11.1 Å². The maximum atomic E-state index is 12.5. The van der Waals surface area contributed by atoms with Crippen molar-refractivity contribution in [3.63, 3.8) is 0 Å². The van der Waals surface area contributed by atoms with Crippen molar-refractivity contribution in [3.8, 4) is 16.9 Å². The molecule has 0 amide bonds. The van der Waals surface area contributed by atoms with Crippen LogP contribution in [0.3, 0.4) is 0 Å². The van der Waals surface area contributed by atoms with Gasteiger partial charge in [0, 0.05) is 22.4 Å². The number of pyridine rings is 1. The third-order valence-corrected chi connectivity index (χ3v) is 6.03. The highest BCUT2D eigenvalue weighted by Crippen LogP contribution is 2.40. The van der Waals surface area contributed by atoms with E-state index in [4.69, 9.17) is 9.72 Å². The molecule has 0 saturated heterocycles. The molecule has 0 spiro atoms. The number of benzene rings is 2. The molecule has 0 saturated carbocycles. The molecule has 1 aromatic heterocycles. The number of aromatic nitrogens is 1. The second-order valence-corrected chi connectivity index (χ2v) is 9.30. The Kier molecular flexibility index (Phi) is 8.82. The molecule has 3 heteroatoms. The van der Waals surface area contributed by atoms with Gasteiger partial charge in [-0.25, -0.2) is 0 Å². The van der Waals surface area contributed by atoms with Crippen LogP contribution < -0.4 is 4.74 Å². The molecule has 3 aromatic rings. The van der Waals surface area contributed by atoms with E-state index in [1.807, 2.05) is 36.4 Å². The first kappa shape index (κ1) is 24.7. The summed E-state index contributed by atoms with van der Waals surface area (Å²) in [5, 5.41) is 0. The minimum absolute atomic E-state index is 0.156. The third kappa shape index (κ3) is 5.90. The summed E-state index contributed by atoms with van der Waals surface area (Å²) in [7, 11) is 0. The van der Waals surface area contributed by atoms with Crippen LogP contribution in [0, 0.1) is 0 Å². The summed E-state index contributed by atoms with van der Waals surface area (Å²) < 4.78 is 6.32. The Morgan fingerprint density at radius 1 is 0.879 bits per heavy atom. The molecule has 0 fully saturated rings. The lowest BCUT2D eigenvalue weighted by molar-refractivity contribution is 0.112. The summed E-state index contributed by atoms with van der Waals surface area (Å²) in [5.41, 5.74) is 6.98. The van der Waals surface area contributed by atoms with Crippen LogP contribution in [-0.4, -0.2) is 11.3 Å². The molecule has 3 nitrogen and oxygen atoms in total. The maximum absolute atomic E-state index is 12.5. The lowest BCUT2D eigenvalue weighted by Gasteiger charge is -2.24. The zero-order valence-corrected chi connectivity index (χ0v) is 20.7. The van der Waals surface area contributed by atoms with E-state index >= 15 is 0 Å². The van der Waals surface area contributed by atoms with Crippen molar-refractivity contribution < 1.29 is 9.53 Å². The van der Waals surface area contributed by atoms with Gasteiger partial charge in [-0.15, -0.1) is 0 Å². The summed E-state index contributed by atoms with van der Waals surface area (Å²) in [6.45, 7) is 11.3. The van der Waals surface area contributed by atoms with Crippen LogP contribution >= 0.6 is 0 Å². The van der Waals surface area contributed by atoms with Crippen LogP contribution in [0.15, 0.2) is 54.6 Å². The Hall–Kier alpha value is -2.94. The van der Waals surface area contributed by atoms with Crippen molar-refractivity contribution in [1.29, 1.82) is 0 Å². The fourth-order valence-corrected chi connectivity index (χ4v) is 4.36. The molecule has 0 atom stereocenters. The van der Waals surface area contributed by atoms with E-state index < -0.39 is 0 Å². The van der Waals surface area contributed by atoms with Gasteiger partial charge in [-0.2, -0.15) is 0 Å². The van der Waals surface area contributed by atoms with E-state index in [0.717, 1.165) is 65.8 Å². The zero-order valence-electron chi connectivity index (χ0n) is 20.7. The first-order valence-electron chi connectivity index (χ1n) is 12.3. The molecule has 0 bridgehead atoms. The number of unbranched alkanes of at least 4 members (excludes halogenated alkanes) is 2. The van der Waals surface area contributed by atoms with E-state index in [1.165, 1.54) is 5.56 Å². The maximum Gasteiger partial charge on any atom is 0.152 e. The predicted octanol–water partition coefficient (Wildman–Crippen LogP) is 8.12. The average molecular weight is 444 g/mol. The molecular weight excluding hydrogens is 406 g/mol. The van der Waals surface area contributed by atoms with Crippen molar-refractivity contribution >= 4 is 6.29 Å². The van der Waals surface area contributed by atoms with Crippen molar-refractivity contribution in [1.82, 2.24) is 4.98 Å². The van der Waals surface area contributed by atoms with E-state index in [0.29, 0.717) is 12.2 Å². The summed E-state index contributed by atoms with van der Waals surface area (Å²) in [6.07, 6.45) is 5.30. The van der Waals surface area contributed by atoms with Crippen LogP contribution in [0.1, 0.15) is 98.6 Å². The minimum atomic E-state index is 0.156. The van der Waals surface area contributed by atoms with Gasteiger partial charge in [0.25, 0.3) is 0 Å². The molecule has 0 radical (unpaired) electrons. The monoisotopic (exact) mass is 443 g/mol. The zero-order chi connectivity index (χ0) is 23.8. The molecule has 0 aliphatic carbocycles. The number of carbonyl (C=O) groups is 1. The van der Waals surface area contributed by atoms with Gasteiger partial charge in [0.2, 0.25) is 0 Å². The van der Waals surface area contributed by atoms with Gasteiger partial charge in [0.15, 0.2) is 6.29 Å². The van der Waals surface area contributed by atoms with Crippen molar-refractivity contribution in [2.45, 2.75) is 78.7 Å². The van der Waals surface area contributed by atoms with E-state index in [1.54, 1.807) is 0 Å². The normalized spacial score (nSPS) is 11.2. The Morgan fingerprint density at radius 3 is 2.18 bits per heavy atom. The number of hydrogen-bond donors (Lipinski definition) is 0. The van der Waals surface area contributed by atoms with Crippen LogP contribution in [0.2, 0.25) is 0 Å². The summed E-state index contributed by atoms with van der Waals surface area (Å²) in [5.74, 6) is 1.23. The van der Waals surface area contributed by atoms with Crippen molar-refractivity contribution in [3.05, 3.63) is 82.7 Å². The fourth-order valence-electron chi connectivity index (χ4n) is 4.36. The number of para-hydroxylation sites is 1. The van der Waals surface area contributed by atoms with Crippen LogP contribution in [-0.2, 0) is 13.0 Å². The SMILES string of the molecule is CCCCCc1c(C(C)C)nc(C(C)C)c(C=O)c1-c1ccccc1OCc1ccccc1. The molecular formula is C30H37NO2. The highest BCUT2D eigenvalue weighted by atomic mass is 16.5. The summed E-state index contributed by atoms with van der Waals surface area (Å²) >= 11 is 0. The topological polar surface area (TPSA) is 39.2 Å². The van der Waals surface area contributed by atoms with Gasteiger partial charge >= 0.3 is 0 Å². The first-order chi connectivity index (χ1) is 16.0. The van der Waals surface area contributed by atoms with E-state index in [-0.39, 0.29) is 11.8 Å². The molecule has 0 N–H and O–H groups in total. The summed E-state index contributed by atoms with van der Waals surface area (Å²) in [4.78, 5) is 17.6. The molecule has 33 heavy (non-hydrogen) atoms. The van der Waals surface area contributed by atoms with Gasteiger partial charge in [-0.3, -0.25) is 9.78 Å². The smallest absolute Gasteiger partial charge is 0.152 e. The standard InChI is InChI=1S/C30H37NO2/c1-6-7-9-17-25-28(26(19-32)30(22(4)5)31-29(25)21(2)3)24-16-12-13-18-27(24)33-20-23-14-10-8-11-15-23/h8,10-16,18-19,21-22H,6-7,9,17,20H2,1-5H3. The second-order valence-electron chi connectivity index (χ2n) is 9.30. The highest BCUT2D eigenvalue weighted by molar-refractivity contribution is 5.92. The number of carbonyl (C=O) groups excluding carboxylic acids is 1. The van der Waals surface area contributed by atoms with E-state index in [9.17, 15) is 4.79 Å². The highest BCUT2D eigenvalue weighted by Gasteiger charge is 2.25. The Labute approximate surface area is 199 Å². The number of rotatable bonds is 11. The largest absolute Gasteiger partial charge is 0.488 e. The van der Waals surface area contributed by atoms with Crippen molar-refractivity contribution in [2.75, 3.05) is 0 Å². The van der Waals surface area contributed by atoms with Crippen molar-refractivity contribution in [2.24, 2.45) is 0 Å². The van der Waals surface area contributed by atoms with E-state index in [2.05, 4.69) is 52.8 Å². The first-order valence-corrected chi connectivity index (χ1v) is 12.3. The van der Waals surface area contributed by atoms with Crippen LogP contribution in [0.4, 0.5) is 0 Å². The molecule has 0 aliphatic heterocycles.